The van der Waals surface area contributed by atoms with E-state index in [1.54, 1.807) is 26.4 Å². The summed E-state index contributed by atoms with van der Waals surface area (Å²) in [6.07, 6.45) is 0.775. The lowest BCUT2D eigenvalue weighted by Crippen LogP contribution is -2.21. The van der Waals surface area contributed by atoms with E-state index in [1.807, 2.05) is 74.1 Å². The van der Waals surface area contributed by atoms with Gasteiger partial charge in [0.15, 0.2) is 6.29 Å². The van der Waals surface area contributed by atoms with Crippen LogP contribution in [0.3, 0.4) is 0 Å². The molecule has 1 aliphatic heterocycles. The van der Waals surface area contributed by atoms with E-state index in [2.05, 4.69) is 9.57 Å². The van der Waals surface area contributed by atoms with Crippen molar-refractivity contribution >= 4 is 28.9 Å². The number of carbonyl (C=O) groups is 2. The smallest absolute Gasteiger partial charge is 0.356 e. The van der Waals surface area contributed by atoms with Gasteiger partial charge in [0, 0.05) is 68.2 Å². The third kappa shape index (κ3) is 5.24. The first kappa shape index (κ1) is 25.6. The van der Waals surface area contributed by atoms with Crippen molar-refractivity contribution in [2.45, 2.75) is 0 Å². The molecule has 0 amide bonds. The van der Waals surface area contributed by atoms with Crippen molar-refractivity contribution < 1.29 is 23.6 Å². The molecule has 0 aromatic heterocycles. The molecule has 0 saturated heterocycles. The molecule has 0 saturated carbocycles. The van der Waals surface area contributed by atoms with Crippen LogP contribution in [0.2, 0.25) is 0 Å². The second-order valence-corrected chi connectivity index (χ2v) is 8.36. The van der Waals surface area contributed by atoms with E-state index in [0.717, 1.165) is 33.8 Å². The number of hydrogen-bond acceptors (Lipinski definition) is 7. The summed E-state index contributed by atoms with van der Waals surface area (Å²) in [5, 5.41) is 1.80. The van der Waals surface area contributed by atoms with Gasteiger partial charge in [0.1, 0.15) is 25.4 Å². The summed E-state index contributed by atoms with van der Waals surface area (Å²) in [6, 6.07) is 16.6. The number of methoxy groups -OCH3 is 1. The lowest BCUT2D eigenvalue weighted by atomic mass is 9.90. The minimum atomic E-state index is -0.678. The van der Waals surface area contributed by atoms with E-state index in [9.17, 15) is 9.59 Å². The number of hydrogen-bond donors (Lipinski definition) is 1. The molecular formula is C27H30N3O5+. The zero-order chi connectivity index (χ0) is 25.7. The van der Waals surface area contributed by atoms with E-state index in [4.69, 9.17) is 10.3 Å². The van der Waals surface area contributed by atoms with Gasteiger partial charge in [0.05, 0.1) is 11.6 Å². The number of nitrogens with zero attached hydrogens (tertiary/aromatic N) is 2. The van der Waals surface area contributed by atoms with Gasteiger partial charge in [0.2, 0.25) is 5.36 Å². The van der Waals surface area contributed by atoms with E-state index < -0.39 is 5.97 Å². The molecule has 2 N–H and O–H groups in total. The highest BCUT2D eigenvalue weighted by Crippen LogP contribution is 2.42. The van der Waals surface area contributed by atoms with Gasteiger partial charge in [-0.1, -0.05) is 6.07 Å². The van der Waals surface area contributed by atoms with Crippen LogP contribution in [0.25, 0.3) is 33.4 Å². The molecule has 4 rings (SSSR count). The SMILES string of the molecule is CN(C)c1ccc2c(-c3cc(C(=O)ON)ccc3C=O)c3ccc(=[N+](C)C)cc-3oc2c1.COC. The van der Waals surface area contributed by atoms with Crippen LogP contribution in [0.5, 0.6) is 0 Å². The Hall–Kier alpha value is -4.01. The van der Waals surface area contributed by atoms with E-state index in [1.165, 1.54) is 6.07 Å². The van der Waals surface area contributed by atoms with E-state index in [0.29, 0.717) is 22.5 Å². The zero-order valence-electron chi connectivity index (χ0n) is 20.8. The molecule has 2 aromatic carbocycles. The lowest BCUT2D eigenvalue weighted by Gasteiger charge is -2.19. The Kier molecular flexibility index (Phi) is 8.01. The Morgan fingerprint density at radius 3 is 2.31 bits per heavy atom. The minimum Gasteiger partial charge on any atom is -0.456 e. The first-order chi connectivity index (χ1) is 16.7. The lowest BCUT2D eigenvalue weighted by molar-refractivity contribution is 0.0503. The van der Waals surface area contributed by atoms with Gasteiger partial charge in [-0.2, -0.15) is 5.90 Å². The minimum absolute atomic E-state index is 0.255. The van der Waals surface area contributed by atoms with E-state index in [-0.39, 0.29) is 5.56 Å². The Morgan fingerprint density at radius 1 is 1.00 bits per heavy atom. The number of fused-ring (bicyclic) bond motifs is 2. The normalized spacial score (nSPS) is 10.5. The Morgan fingerprint density at radius 2 is 1.71 bits per heavy atom. The first-order valence-corrected chi connectivity index (χ1v) is 10.8. The van der Waals surface area contributed by atoms with Gasteiger partial charge in [-0.25, -0.2) is 9.37 Å². The van der Waals surface area contributed by atoms with Crippen molar-refractivity contribution in [3.63, 3.8) is 0 Å². The molecule has 2 aliphatic rings. The maximum Gasteiger partial charge on any atom is 0.356 e. The number of benzene rings is 3. The maximum atomic E-state index is 12.1. The fourth-order valence-electron chi connectivity index (χ4n) is 3.78. The Balaban J connectivity index is 0.00000108. The number of rotatable bonds is 4. The summed E-state index contributed by atoms with van der Waals surface area (Å²) in [5.41, 5.74) is 4.56. The zero-order valence-corrected chi connectivity index (χ0v) is 20.8. The molecule has 0 unspecified atom stereocenters. The number of anilines is 1. The number of ether oxygens (including phenoxy) is 1. The van der Waals surface area contributed by atoms with Crippen molar-refractivity contribution in [1.29, 1.82) is 0 Å². The monoisotopic (exact) mass is 476 g/mol. The van der Waals surface area contributed by atoms with Gasteiger partial charge in [-0.05, 0) is 35.9 Å². The average Bonchev–Trinajstić information content (AvgIpc) is 2.86. The summed E-state index contributed by atoms with van der Waals surface area (Å²) in [7, 11) is 11.1. The van der Waals surface area contributed by atoms with Gasteiger partial charge in [-0.15, -0.1) is 0 Å². The van der Waals surface area contributed by atoms with Crippen LogP contribution in [-0.4, -0.2) is 54.7 Å². The largest absolute Gasteiger partial charge is 0.456 e. The first-order valence-electron chi connectivity index (χ1n) is 10.8. The van der Waals surface area contributed by atoms with Crippen LogP contribution in [0.15, 0.2) is 59.0 Å². The van der Waals surface area contributed by atoms with Crippen molar-refractivity contribution in [3.8, 4) is 22.5 Å². The highest BCUT2D eigenvalue weighted by molar-refractivity contribution is 6.07. The number of carbonyl (C=O) groups excluding carboxylic acids is 2. The van der Waals surface area contributed by atoms with Crippen LogP contribution in [0, 0.1) is 0 Å². The van der Waals surface area contributed by atoms with Crippen LogP contribution < -0.4 is 20.7 Å². The summed E-state index contributed by atoms with van der Waals surface area (Å²) >= 11 is 0. The maximum absolute atomic E-state index is 12.1. The molecule has 182 valence electrons. The van der Waals surface area contributed by atoms with Crippen molar-refractivity contribution in [3.05, 3.63) is 71.1 Å². The molecule has 0 spiro atoms. The number of aldehydes is 1. The molecule has 0 atom stereocenters. The third-order valence-electron chi connectivity index (χ3n) is 5.51. The highest BCUT2D eigenvalue weighted by atomic mass is 16.7. The quantitative estimate of drug-likeness (QED) is 0.209. The van der Waals surface area contributed by atoms with Crippen LogP contribution >= 0.6 is 0 Å². The molecule has 1 heterocycles. The van der Waals surface area contributed by atoms with Gasteiger partial charge in [-0.3, -0.25) is 4.79 Å². The molecule has 2 aromatic rings. The average molecular weight is 477 g/mol. The van der Waals surface area contributed by atoms with Crippen LogP contribution in [0.4, 0.5) is 5.69 Å². The molecule has 35 heavy (non-hydrogen) atoms. The summed E-state index contributed by atoms with van der Waals surface area (Å²) < 4.78 is 12.5. The molecule has 0 radical (unpaired) electrons. The highest BCUT2D eigenvalue weighted by Gasteiger charge is 2.22. The van der Waals surface area contributed by atoms with E-state index >= 15 is 0 Å². The van der Waals surface area contributed by atoms with Crippen LogP contribution in [0.1, 0.15) is 20.7 Å². The molecule has 0 bridgehead atoms. The Labute approximate surface area is 204 Å². The predicted molar refractivity (Wildman–Crippen MR) is 138 cm³/mol. The second-order valence-electron chi connectivity index (χ2n) is 8.36. The van der Waals surface area contributed by atoms with Crippen LogP contribution in [-0.2, 0) is 9.57 Å². The van der Waals surface area contributed by atoms with Crippen molar-refractivity contribution in [1.82, 2.24) is 4.58 Å². The molecule has 0 fully saturated rings. The molecule has 8 heteroatoms. The van der Waals surface area contributed by atoms with Crippen molar-refractivity contribution in [2.75, 3.05) is 47.3 Å². The fraction of sp³-hybridized carbons (Fsp3) is 0.222. The van der Waals surface area contributed by atoms with Crippen molar-refractivity contribution in [2.24, 2.45) is 5.90 Å². The second kappa shape index (κ2) is 10.9. The van der Waals surface area contributed by atoms with Gasteiger partial charge >= 0.3 is 5.97 Å². The topological polar surface area (TPSA) is 98.0 Å². The summed E-state index contributed by atoms with van der Waals surface area (Å²) in [5.74, 6) is 5.08. The predicted octanol–water partition coefficient (Wildman–Crippen LogP) is 3.41. The molecule has 1 aliphatic carbocycles. The third-order valence-corrected chi connectivity index (χ3v) is 5.51. The molecular weight excluding hydrogens is 446 g/mol. The molecule has 8 nitrogen and oxygen atoms in total. The Bertz CT molecular complexity index is 1420. The summed E-state index contributed by atoms with van der Waals surface area (Å²) in [4.78, 5) is 30.4. The van der Waals surface area contributed by atoms with Gasteiger partial charge < -0.3 is 18.9 Å². The fourth-order valence-corrected chi connectivity index (χ4v) is 3.78. The summed E-state index contributed by atoms with van der Waals surface area (Å²) in [6.45, 7) is 0. The van der Waals surface area contributed by atoms with Gasteiger partial charge in [0.25, 0.3) is 0 Å². The standard InChI is InChI=1S/C25H24N3O4.C2H6O/c1-27(2)17-7-9-19-22(12-17)31-23-13-18(28(3)4)8-10-20(23)24(19)21-11-15(25(30)32-26)5-6-16(21)14-29;1-3-2/h5-14H,26H2,1-4H3;1-2H3/q+1;. The number of nitrogens with two attached hydrogens (primary N) is 1.